The van der Waals surface area contributed by atoms with Crippen molar-refractivity contribution in [3.63, 3.8) is 0 Å². The molecule has 134 valence electrons. The molecule has 2 aliphatic heterocycles. The van der Waals surface area contributed by atoms with Gasteiger partial charge < -0.3 is 20.9 Å². The number of nitrogens with zero attached hydrogens (tertiary/aromatic N) is 1. The van der Waals surface area contributed by atoms with E-state index >= 15 is 0 Å². The Balaban J connectivity index is 1.58. The van der Waals surface area contributed by atoms with E-state index in [0.29, 0.717) is 19.4 Å². The van der Waals surface area contributed by atoms with Crippen LogP contribution in [0.1, 0.15) is 19.8 Å². The van der Waals surface area contributed by atoms with E-state index in [2.05, 4.69) is 16.0 Å². The lowest BCUT2D eigenvalue weighted by Gasteiger charge is -2.43. The molecule has 2 aliphatic rings. The number of carbonyl (C=O) groups excluding carboxylic acids is 3. The lowest BCUT2D eigenvalue weighted by molar-refractivity contribution is -0.151. The largest absolute Gasteiger partial charge is 0.343 e. The van der Waals surface area contributed by atoms with Crippen LogP contribution >= 0.6 is 11.8 Å². The minimum atomic E-state index is -0.498. The smallest absolute Gasteiger partial charge is 0.319 e. The first-order chi connectivity index (χ1) is 12.0. The standard InChI is InChI=1S/C17H22N4O3S/c1-10-16(23)21-7-6-12(9-14(21)15(22)18-10)20-17(24)19-11-4-3-5-13(8-11)25-2/h3-5,8,10,12,14H,6-7,9H2,1-2H3,(H,18,22)(H2,19,20,24)/t10-,12+,14+/m1/s1. The second-order valence-electron chi connectivity index (χ2n) is 6.33. The second kappa shape index (κ2) is 7.35. The number of rotatable bonds is 3. The van der Waals surface area contributed by atoms with Crippen LogP contribution < -0.4 is 16.0 Å². The van der Waals surface area contributed by atoms with E-state index in [1.54, 1.807) is 23.6 Å². The first kappa shape index (κ1) is 17.6. The van der Waals surface area contributed by atoms with Crippen LogP contribution in [-0.4, -0.2) is 53.7 Å². The predicted octanol–water partition coefficient (Wildman–Crippen LogP) is 1.41. The average molecular weight is 362 g/mol. The zero-order valence-corrected chi connectivity index (χ0v) is 15.1. The second-order valence-corrected chi connectivity index (χ2v) is 7.21. The third-order valence-corrected chi connectivity index (χ3v) is 5.31. The van der Waals surface area contributed by atoms with Crippen LogP contribution in [0.5, 0.6) is 0 Å². The van der Waals surface area contributed by atoms with Gasteiger partial charge in [-0.1, -0.05) is 6.07 Å². The van der Waals surface area contributed by atoms with Crippen LogP contribution in [0.2, 0.25) is 0 Å². The van der Waals surface area contributed by atoms with Gasteiger partial charge in [-0.25, -0.2) is 4.79 Å². The topological polar surface area (TPSA) is 90.5 Å². The monoisotopic (exact) mass is 362 g/mol. The Morgan fingerprint density at radius 3 is 2.92 bits per heavy atom. The van der Waals surface area contributed by atoms with Crippen molar-refractivity contribution in [1.29, 1.82) is 0 Å². The molecule has 0 radical (unpaired) electrons. The number of carbonyl (C=O) groups is 3. The Morgan fingerprint density at radius 2 is 2.16 bits per heavy atom. The van der Waals surface area contributed by atoms with Crippen molar-refractivity contribution in [2.24, 2.45) is 0 Å². The van der Waals surface area contributed by atoms with Gasteiger partial charge >= 0.3 is 6.03 Å². The molecule has 4 amide bonds. The Hall–Kier alpha value is -2.22. The van der Waals surface area contributed by atoms with Crippen LogP contribution in [-0.2, 0) is 9.59 Å². The number of urea groups is 1. The number of hydrogen-bond acceptors (Lipinski definition) is 4. The van der Waals surface area contributed by atoms with E-state index in [0.717, 1.165) is 10.6 Å². The van der Waals surface area contributed by atoms with E-state index in [9.17, 15) is 14.4 Å². The minimum absolute atomic E-state index is 0.0543. The lowest BCUT2D eigenvalue weighted by atomic mass is 9.93. The minimum Gasteiger partial charge on any atom is -0.343 e. The van der Waals surface area contributed by atoms with Crippen molar-refractivity contribution in [3.8, 4) is 0 Å². The summed E-state index contributed by atoms with van der Waals surface area (Å²) in [5, 5.41) is 8.42. The summed E-state index contributed by atoms with van der Waals surface area (Å²) in [6, 6.07) is 6.19. The van der Waals surface area contributed by atoms with E-state index in [1.807, 2.05) is 30.5 Å². The van der Waals surface area contributed by atoms with Gasteiger partial charge in [-0.3, -0.25) is 9.59 Å². The molecule has 0 unspecified atom stereocenters. The van der Waals surface area contributed by atoms with Crippen LogP contribution in [0.15, 0.2) is 29.2 Å². The molecule has 3 atom stereocenters. The zero-order chi connectivity index (χ0) is 18.0. The first-order valence-electron chi connectivity index (χ1n) is 8.30. The van der Waals surface area contributed by atoms with E-state index in [4.69, 9.17) is 0 Å². The summed E-state index contributed by atoms with van der Waals surface area (Å²) in [6.07, 6.45) is 3.05. The average Bonchev–Trinajstić information content (AvgIpc) is 2.60. The van der Waals surface area contributed by atoms with E-state index in [1.165, 1.54) is 0 Å². The van der Waals surface area contributed by atoms with Crippen molar-refractivity contribution >= 4 is 35.3 Å². The highest BCUT2D eigenvalue weighted by atomic mass is 32.2. The molecule has 0 bridgehead atoms. The number of benzene rings is 1. The molecule has 0 spiro atoms. The summed E-state index contributed by atoms with van der Waals surface area (Å²) in [5.74, 6) is -0.201. The van der Waals surface area contributed by atoms with E-state index < -0.39 is 12.1 Å². The number of thioether (sulfide) groups is 1. The van der Waals surface area contributed by atoms with Gasteiger partial charge in [0, 0.05) is 23.2 Å². The summed E-state index contributed by atoms with van der Waals surface area (Å²) in [5.41, 5.74) is 0.723. The number of piperazine rings is 1. The number of hydrogen-bond donors (Lipinski definition) is 3. The SMILES string of the molecule is CSc1cccc(NC(=O)N[C@H]2CCN3C(=O)[C@@H](C)NC(=O)[C@@H]3C2)c1. The van der Waals surface area contributed by atoms with Crippen LogP contribution in [0, 0.1) is 0 Å². The summed E-state index contributed by atoms with van der Waals surface area (Å²) in [7, 11) is 0. The maximum Gasteiger partial charge on any atom is 0.319 e. The van der Waals surface area contributed by atoms with Crippen molar-refractivity contribution in [2.75, 3.05) is 18.1 Å². The number of piperidine rings is 1. The molecule has 0 aliphatic carbocycles. The molecule has 2 fully saturated rings. The molecule has 3 rings (SSSR count). The number of amides is 4. The molecule has 1 aromatic rings. The Bertz CT molecular complexity index is 696. The molecule has 0 aromatic heterocycles. The predicted molar refractivity (Wildman–Crippen MR) is 96.5 cm³/mol. The molecule has 7 nitrogen and oxygen atoms in total. The van der Waals surface area contributed by atoms with Gasteiger partial charge in [0.1, 0.15) is 12.1 Å². The molecular formula is C17H22N4O3S. The van der Waals surface area contributed by atoms with Gasteiger partial charge in [0.25, 0.3) is 0 Å². The first-order valence-corrected chi connectivity index (χ1v) is 9.53. The fourth-order valence-electron chi connectivity index (χ4n) is 3.28. The maximum atomic E-state index is 12.2. The summed E-state index contributed by atoms with van der Waals surface area (Å²) in [4.78, 5) is 39.2. The highest BCUT2D eigenvalue weighted by molar-refractivity contribution is 7.98. The summed E-state index contributed by atoms with van der Waals surface area (Å²) < 4.78 is 0. The lowest BCUT2D eigenvalue weighted by Crippen LogP contribution is -2.66. The Kier molecular flexibility index (Phi) is 5.17. The van der Waals surface area contributed by atoms with Gasteiger partial charge in [0.15, 0.2) is 0 Å². The third kappa shape index (κ3) is 3.89. The molecule has 0 saturated carbocycles. The summed E-state index contributed by atoms with van der Waals surface area (Å²) >= 11 is 1.61. The molecule has 25 heavy (non-hydrogen) atoms. The van der Waals surface area contributed by atoms with Crippen molar-refractivity contribution in [3.05, 3.63) is 24.3 Å². The van der Waals surface area contributed by atoms with Gasteiger partial charge in [-0.2, -0.15) is 0 Å². The van der Waals surface area contributed by atoms with Gasteiger partial charge in [-0.15, -0.1) is 11.8 Å². The molecule has 1 aromatic carbocycles. The quantitative estimate of drug-likeness (QED) is 0.709. The molecule has 3 N–H and O–H groups in total. The van der Waals surface area contributed by atoms with Crippen LogP contribution in [0.4, 0.5) is 10.5 Å². The molecule has 2 heterocycles. The highest BCUT2D eigenvalue weighted by Crippen LogP contribution is 2.23. The van der Waals surface area contributed by atoms with Crippen molar-refractivity contribution < 1.29 is 14.4 Å². The van der Waals surface area contributed by atoms with Crippen LogP contribution in [0.25, 0.3) is 0 Å². The van der Waals surface area contributed by atoms with Gasteiger partial charge in [0.2, 0.25) is 11.8 Å². The van der Waals surface area contributed by atoms with Gasteiger partial charge in [0.05, 0.1) is 0 Å². The maximum absolute atomic E-state index is 12.2. The summed E-state index contributed by atoms with van der Waals surface area (Å²) in [6.45, 7) is 2.17. The fourth-order valence-corrected chi connectivity index (χ4v) is 3.74. The molecule has 2 saturated heterocycles. The molecule has 8 heteroatoms. The zero-order valence-electron chi connectivity index (χ0n) is 14.2. The molecular weight excluding hydrogens is 340 g/mol. The van der Waals surface area contributed by atoms with Crippen molar-refractivity contribution in [1.82, 2.24) is 15.5 Å². The Morgan fingerprint density at radius 1 is 1.36 bits per heavy atom. The van der Waals surface area contributed by atoms with Crippen molar-refractivity contribution in [2.45, 2.75) is 42.8 Å². The van der Waals surface area contributed by atoms with Crippen LogP contribution in [0.3, 0.4) is 0 Å². The third-order valence-electron chi connectivity index (χ3n) is 4.58. The highest BCUT2D eigenvalue weighted by Gasteiger charge is 2.42. The number of fused-ring (bicyclic) bond motifs is 1. The number of anilines is 1. The van der Waals surface area contributed by atoms with E-state index in [-0.39, 0.29) is 23.9 Å². The Labute approximate surface area is 150 Å². The number of nitrogens with one attached hydrogen (secondary N) is 3. The normalized spacial score (nSPS) is 25.8. The fraction of sp³-hybridized carbons (Fsp3) is 0.471. The van der Waals surface area contributed by atoms with Gasteiger partial charge in [-0.05, 0) is 44.2 Å².